The van der Waals surface area contributed by atoms with Gasteiger partial charge in [-0.3, -0.25) is 4.98 Å². The van der Waals surface area contributed by atoms with Gasteiger partial charge in [-0.1, -0.05) is 37.0 Å². The maximum atomic E-state index is 4.27. The molecule has 0 radical (unpaired) electrons. The quantitative estimate of drug-likeness (QED) is 0.912. The number of rotatable bonds is 5. The van der Waals surface area contributed by atoms with Gasteiger partial charge < -0.3 is 5.32 Å². The largest absolute Gasteiger partial charge is 0.355 e. The SMILES string of the molecule is c1ncc(CNc2nnc(CC3CCCC3)s2)s1. The van der Waals surface area contributed by atoms with Gasteiger partial charge in [0.15, 0.2) is 0 Å². The molecule has 2 aromatic rings. The number of thiazole rings is 1. The predicted octanol–water partition coefficient (Wildman–Crippen LogP) is 3.34. The van der Waals surface area contributed by atoms with Gasteiger partial charge in [0.25, 0.3) is 0 Å². The summed E-state index contributed by atoms with van der Waals surface area (Å²) in [6.07, 6.45) is 8.50. The molecule has 1 fully saturated rings. The third-order valence-corrected chi connectivity index (χ3v) is 4.99. The minimum Gasteiger partial charge on any atom is -0.355 e. The van der Waals surface area contributed by atoms with Gasteiger partial charge in [-0.2, -0.15) is 0 Å². The first kappa shape index (κ1) is 12.0. The molecule has 18 heavy (non-hydrogen) atoms. The summed E-state index contributed by atoms with van der Waals surface area (Å²) in [6.45, 7) is 0.794. The lowest BCUT2D eigenvalue weighted by Crippen LogP contribution is -1.97. The normalized spacial score (nSPS) is 16.2. The fraction of sp³-hybridized carbons (Fsp3) is 0.583. The van der Waals surface area contributed by atoms with E-state index in [4.69, 9.17) is 0 Å². The fourth-order valence-electron chi connectivity index (χ4n) is 2.36. The zero-order valence-electron chi connectivity index (χ0n) is 10.1. The van der Waals surface area contributed by atoms with Crippen molar-refractivity contribution in [3.63, 3.8) is 0 Å². The van der Waals surface area contributed by atoms with Crippen LogP contribution in [0.5, 0.6) is 0 Å². The maximum Gasteiger partial charge on any atom is 0.205 e. The monoisotopic (exact) mass is 280 g/mol. The van der Waals surface area contributed by atoms with Crippen molar-refractivity contribution < 1.29 is 0 Å². The summed E-state index contributed by atoms with van der Waals surface area (Å²) in [4.78, 5) is 5.28. The molecule has 2 heterocycles. The molecule has 3 rings (SSSR count). The topological polar surface area (TPSA) is 50.7 Å². The fourth-order valence-corrected chi connectivity index (χ4v) is 3.75. The summed E-state index contributed by atoms with van der Waals surface area (Å²) in [6, 6.07) is 0. The first-order valence-electron chi connectivity index (χ1n) is 6.34. The number of hydrogen-bond acceptors (Lipinski definition) is 6. The maximum absolute atomic E-state index is 4.27. The van der Waals surface area contributed by atoms with E-state index in [-0.39, 0.29) is 0 Å². The molecule has 1 aliphatic carbocycles. The van der Waals surface area contributed by atoms with E-state index in [9.17, 15) is 0 Å². The summed E-state index contributed by atoms with van der Waals surface area (Å²) in [5, 5.41) is 13.9. The molecule has 0 spiro atoms. The van der Waals surface area contributed by atoms with Crippen LogP contribution in [-0.4, -0.2) is 15.2 Å². The number of nitrogens with zero attached hydrogens (tertiary/aromatic N) is 3. The Labute approximate surface area is 114 Å². The Hall–Kier alpha value is -1.01. The molecular formula is C12H16N4S2. The highest BCUT2D eigenvalue weighted by atomic mass is 32.1. The van der Waals surface area contributed by atoms with Crippen molar-refractivity contribution in [2.45, 2.75) is 38.6 Å². The Morgan fingerprint density at radius 1 is 1.28 bits per heavy atom. The van der Waals surface area contributed by atoms with Crippen molar-refractivity contribution in [3.05, 3.63) is 21.6 Å². The van der Waals surface area contributed by atoms with Gasteiger partial charge in [0.1, 0.15) is 5.01 Å². The van der Waals surface area contributed by atoms with Crippen LogP contribution >= 0.6 is 22.7 Å². The molecule has 0 aliphatic heterocycles. The van der Waals surface area contributed by atoms with Crippen molar-refractivity contribution in [1.29, 1.82) is 0 Å². The van der Waals surface area contributed by atoms with Gasteiger partial charge in [0.05, 0.1) is 12.1 Å². The lowest BCUT2D eigenvalue weighted by molar-refractivity contribution is 0.543. The third-order valence-electron chi connectivity index (χ3n) is 3.30. The number of nitrogens with one attached hydrogen (secondary N) is 1. The highest BCUT2D eigenvalue weighted by Gasteiger charge is 2.17. The minimum atomic E-state index is 0.794. The highest BCUT2D eigenvalue weighted by Crippen LogP contribution is 2.29. The molecule has 0 amide bonds. The second-order valence-electron chi connectivity index (χ2n) is 4.68. The average molecular weight is 280 g/mol. The average Bonchev–Trinajstić information content (AvgIpc) is 3.09. The van der Waals surface area contributed by atoms with Crippen molar-refractivity contribution in [1.82, 2.24) is 15.2 Å². The molecule has 0 bridgehead atoms. The summed E-state index contributed by atoms with van der Waals surface area (Å²) in [5.41, 5.74) is 1.85. The van der Waals surface area contributed by atoms with Crippen LogP contribution in [-0.2, 0) is 13.0 Å². The molecule has 2 aromatic heterocycles. The Bertz CT molecular complexity index is 474. The van der Waals surface area contributed by atoms with Gasteiger partial charge in [-0.15, -0.1) is 21.5 Å². The molecule has 1 aliphatic rings. The number of aromatic nitrogens is 3. The molecule has 6 heteroatoms. The van der Waals surface area contributed by atoms with Crippen LogP contribution in [0.15, 0.2) is 11.7 Å². The lowest BCUT2D eigenvalue weighted by atomic mass is 10.1. The molecule has 0 saturated heterocycles. The van der Waals surface area contributed by atoms with Gasteiger partial charge in [0, 0.05) is 17.5 Å². The zero-order valence-corrected chi connectivity index (χ0v) is 11.8. The molecule has 4 nitrogen and oxygen atoms in total. The van der Waals surface area contributed by atoms with E-state index in [1.54, 1.807) is 22.7 Å². The molecule has 0 unspecified atom stereocenters. The second kappa shape index (κ2) is 5.75. The Kier molecular flexibility index (Phi) is 3.85. The van der Waals surface area contributed by atoms with Crippen molar-refractivity contribution >= 4 is 27.8 Å². The molecule has 1 saturated carbocycles. The molecule has 96 valence electrons. The van der Waals surface area contributed by atoms with E-state index >= 15 is 0 Å². The van der Waals surface area contributed by atoms with E-state index in [0.717, 1.165) is 24.0 Å². The first-order valence-corrected chi connectivity index (χ1v) is 8.03. The van der Waals surface area contributed by atoms with Crippen LogP contribution in [0, 0.1) is 5.92 Å². The van der Waals surface area contributed by atoms with Crippen LogP contribution in [0.2, 0.25) is 0 Å². The van der Waals surface area contributed by atoms with Crippen LogP contribution < -0.4 is 5.32 Å². The van der Waals surface area contributed by atoms with Crippen molar-refractivity contribution in [3.8, 4) is 0 Å². The number of anilines is 1. The van der Waals surface area contributed by atoms with Gasteiger partial charge >= 0.3 is 0 Å². The predicted molar refractivity (Wildman–Crippen MR) is 75.0 cm³/mol. The molecule has 1 N–H and O–H groups in total. The van der Waals surface area contributed by atoms with Crippen molar-refractivity contribution in [2.75, 3.05) is 5.32 Å². The first-order chi connectivity index (χ1) is 8.90. The summed E-state index contributed by atoms with van der Waals surface area (Å²) >= 11 is 3.35. The summed E-state index contributed by atoms with van der Waals surface area (Å²) < 4.78 is 0. The van der Waals surface area contributed by atoms with Crippen molar-refractivity contribution in [2.24, 2.45) is 5.92 Å². The van der Waals surface area contributed by atoms with Crippen LogP contribution in [0.3, 0.4) is 0 Å². The lowest BCUT2D eigenvalue weighted by Gasteiger charge is -2.03. The molecule has 0 aromatic carbocycles. The standard InChI is InChI=1S/C12H16N4S2/c1-2-4-9(3-1)5-11-15-16-12(18-11)14-7-10-6-13-8-17-10/h6,8-9H,1-5,7H2,(H,14,16). The van der Waals surface area contributed by atoms with E-state index in [1.807, 2.05) is 11.7 Å². The van der Waals surface area contributed by atoms with E-state index in [0.29, 0.717) is 0 Å². The Morgan fingerprint density at radius 2 is 2.17 bits per heavy atom. The van der Waals surface area contributed by atoms with E-state index in [1.165, 1.54) is 35.6 Å². The summed E-state index contributed by atoms with van der Waals surface area (Å²) in [7, 11) is 0. The van der Waals surface area contributed by atoms with Crippen LogP contribution in [0.4, 0.5) is 5.13 Å². The van der Waals surface area contributed by atoms with Gasteiger partial charge in [0.2, 0.25) is 5.13 Å². The second-order valence-corrected chi connectivity index (χ2v) is 6.71. The smallest absolute Gasteiger partial charge is 0.205 e. The highest BCUT2D eigenvalue weighted by molar-refractivity contribution is 7.15. The van der Waals surface area contributed by atoms with Gasteiger partial charge in [-0.05, 0) is 5.92 Å². The third kappa shape index (κ3) is 3.05. The molecule has 0 atom stereocenters. The van der Waals surface area contributed by atoms with Gasteiger partial charge in [-0.25, -0.2) is 0 Å². The van der Waals surface area contributed by atoms with E-state index in [2.05, 4.69) is 20.5 Å². The van der Waals surface area contributed by atoms with Crippen LogP contribution in [0.25, 0.3) is 0 Å². The van der Waals surface area contributed by atoms with E-state index < -0.39 is 0 Å². The molecular weight excluding hydrogens is 264 g/mol. The number of hydrogen-bond donors (Lipinski definition) is 1. The zero-order chi connectivity index (χ0) is 12.2. The van der Waals surface area contributed by atoms with Crippen LogP contribution in [0.1, 0.15) is 35.6 Å². The minimum absolute atomic E-state index is 0.794. The Balaban J connectivity index is 1.52. The summed E-state index contributed by atoms with van der Waals surface area (Å²) in [5.74, 6) is 0.840. The Morgan fingerprint density at radius 3 is 2.94 bits per heavy atom.